The standard InChI is InChI=1S/C18H27N/c1-14-11-18(19-13-14)17-12-16(17)10-6-5-9-15-7-3-2-4-8-15/h6,10-11,13-17H,2-5,7-9,12H2,1H3/b10-6-/t14?,16?,17-/m0/s1. The van der Waals surface area contributed by atoms with Crippen LogP contribution in [0.25, 0.3) is 0 Å². The number of nitrogens with zero attached hydrogens (tertiary/aromatic N) is 1. The van der Waals surface area contributed by atoms with Gasteiger partial charge < -0.3 is 0 Å². The first kappa shape index (κ1) is 13.1. The second kappa shape index (κ2) is 6.07. The lowest BCUT2D eigenvalue weighted by molar-refractivity contribution is 0.341. The SMILES string of the molecule is CC1C=NC([C@H]2CC2/C=C\CCC2CCCCC2)=C1. The smallest absolute Gasteiger partial charge is 0.0403 e. The monoisotopic (exact) mass is 257 g/mol. The topological polar surface area (TPSA) is 12.4 Å². The Morgan fingerprint density at radius 1 is 1.26 bits per heavy atom. The van der Waals surface area contributed by atoms with E-state index in [9.17, 15) is 0 Å². The molecule has 3 aliphatic rings. The first-order chi connectivity index (χ1) is 9.33. The highest BCUT2D eigenvalue weighted by molar-refractivity contribution is 5.68. The molecule has 0 amide bonds. The van der Waals surface area contributed by atoms with Crippen molar-refractivity contribution in [3.05, 3.63) is 23.9 Å². The van der Waals surface area contributed by atoms with Gasteiger partial charge in [0.2, 0.25) is 0 Å². The summed E-state index contributed by atoms with van der Waals surface area (Å²) in [5.41, 5.74) is 1.36. The molecule has 1 heteroatoms. The summed E-state index contributed by atoms with van der Waals surface area (Å²) in [6.07, 6.45) is 20.8. The minimum Gasteiger partial charge on any atom is -0.265 e. The van der Waals surface area contributed by atoms with E-state index in [2.05, 4.69) is 36.4 Å². The van der Waals surface area contributed by atoms with Crippen molar-refractivity contribution in [3.8, 4) is 0 Å². The predicted octanol–water partition coefficient (Wildman–Crippen LogP) is 5.14. The van der Waals surface area contributed by atoms with Gasteiger partial charge in [0.1, 0.15) is 0 Å². The summed E-state index contributed by atoms with van der Waals surface area (Å²) in [6, 6.07) is 0. The molecule has 0 aromatic rings. The molecule has 0 radical (unpaired) electrons. The van der Waals surface area contributed by atoms with Gasteiger partial charge in [-0.05, 0) is 31.1 Å². The quantitative estimate of drug-likeness (QED) is 0.604. The van der Waals surface area contributed by atoms with E-state index in [1.165, 1.54) is 57.1 Å². The molecule has 3 atom stereocenters. The average Bonchev–Trinajstić information content (AvgIpc) is 3.08. The largest absolute Gasteiger partial charge is 0.265 e. The minimum absolute atomic E-state index is 0.562. The van der Waals surface area contributed by atoms with Crippen LogP contribution in [0.15, 0.2) is 28.9 Å². The van der Waals surface area contributed by atoms with Gasteiger partial charge in [0.25, 0.3) is 0 Å². The van der Waals surface area contributed by atoms with Crippen LogP contribution in [0.1, 0.15) is 58.3 Å². The molecule has 104 valence electrons. The molecule has 1 nitrogen and oxygen atoms in total. The van der Waals surface area contributed by atoms with Gasteiger partial charge in [0.15, 0.2) is 0 Å². The van der Waals surface area contributed by atoms with Crippen molar-refractivity contribution < 1.29 is 0 Å². The summed E-state index contributed by atoms with van der Waals surface area (Å²) in [7, 11) is 0. The van der Waals surface area contributed by atoms with Gasteiger partial charge in [0, 0.05) is 23.7 Å². The van der Waals surface area contributed by atoms with Crippen LogP contribution in [0.4, 0.5) is 0 Å². The van der Waals surface area contributed by atoms with Gasteiger partial charge in [-0.3, -0.25) is 4.99 Å². The van der Waals surface area contributed by atoms with Crippen molar-refractivity contribution in [2.24, 2.45) is 28.7 Å². The zero-order valence-electron chi connectivity index (χ0n) is 12.2. The molecule has 0 aromatic carbocycles. The Labute approximate surface area is 117 Å². The second-order valence-electron chi connectivity index (χ2n) is 6.74. The van der Waals surface area contributed by atoms with Gasteiger partial charge in [-0.15, -0.1) is 0 Å². The van der Waals surface area contributed by atoms with E-state index in [0.717, 1.165) is 17.8 Å². The van der Waals surface area contributed by atoms with E-state index in [0.29, 0.717) is 5.92 Å². The van der Waals surface area contributed by atoms with Crippen LogP contribution >= 0.6 is 0 Å². The van der Waals surface area contributed by atoms with Gasteiger partial charge in [-0.25, -0.2) is 0 Å². The Hall–Kier alpha value is -0.850. The molecule has 2 unspecified atom stereocenters. The number of rotatable bonds is 5. The summed E-state index contributed by atoms with van der Waals surface area (Å²) in [5.74, 6) is 3.12. The van der Waals surface area contributed by atoms with Crippen LogP contribution in [-0.4, -0.2) is 6.21 Å². The first-order valence-corrected chi connectivity index (χ1v) is 8.25. The Morgan fingerprint density at radius 2 is 2.11 bits per heavy atom. The van der Waals surface area contributed by atoms with Gasteiger partial charge >= 0.3 is 0 Å². The molecule has 0 aromatic heterocycles. The van der Waals surface area contributed by atoms with Crippen molar-refractivity contribution in [2.75, 3.05) is 0 Å². The molecule has 2 saturated carbocycles. The molecule has 0 saturated heterocycles. The van der Waals surface area contributed by atoms with Crippen LogP contribution in [0, 0.1) is 23.7 Å². The molecule has 2 fully saturated rings. The lowest BCUT2D eigenvalue weighted by atomic mass is 9.86. The lowest BCUT2D eigenvalue weighted by Crippen LogP contribution is -2.05. The predicted molar refractivity (Wildman–Crippen MR) is 82.3 cm³/mol. The Morgan fingerprint density at radius 3 is 2.84 bits per heavy atom. The summed E-state index contributed by atoms with van der Waals surface area (Å²) >= 11 is 0. The van der Waals surface area contributed by atoms with Crippen molar-refractivity contribution >= 4 is 6.21 Å². The van der Waals surface area contributed by atoms with Crippen molar-refractivity contribution in [3.63, 3.8) is 0 Å². The molecular weight excluding hydrogens is 230 g/mol. The zero-order valence-corrected chi connectivity index (χ0v) is 12.2. The molecule has 1 aliphatic heterocycles. The maximum atomic E-state index is 4.53. The van der Waals surface area contributed by atoms with Crippen LogP contribution in [0.2, 0.25) is 0 Å². The average molecular weight is 257 g/mol. The fraction of sp³-hybridized carbons (Fsp3) is 0.722. The van der Waals surface area contributed by atoms with Gasteiger partial charge in [0.05, 0.1) is 0 Å². The van der Waals surface area contributed by atoms with Crippen LogP contribution in [0.3, 0.4) is 0 Å². The Balaban J connectivity index is 1.35. The number of hydrogen-bond acceptors (Lipinski definition) is 1. The van der Waals surface area contributed by atoms with Crippen LogP contribution < -0.4 is 0 Å². The summed E-state index contributed by atoms with van der Waals surface area (Å²) in [6.45, 7) is 2.22. The summed E-state index contributed by atoms with van der Waals surface area (Å²) in [4.78, 5) is 4.53. The lowest BCUT2D eigenvalue weighted by Gasteiger charge is -2.20. The van der Waals surface area contributed by atoms with Crippen molar-refractivity contribution in [1.29, 1.82) is 0 Å². The van der Waals surface area contributed by atoms with Crippen LogP contribution in [0.5, 0.6) is 0 Å². The van der Waals surface area contributed by atoms with Crippen molar-refractivity contribution in [1.82, 2.24) is 0 Å². The number of allylic oxidation sites excluding steroid dienone is 4. The van der Waals surface area contributed by atoms with E-state index in [4.69, 9.17) is 0 Å². The second-order valence-corrected chi connectivity index (χ2v) is 6.74. The Bertz CT molecular complexity index is 384. The number of aliphatic imine (C=N–C) groups is 1. The van der Waals surface area contributed by atoms with E-state index >= 15 is 0 Å². The molecule has 0 bridgehead atoms. The normalized spacial score (nSPS) is 35.0. The Kier molecular flexibility index (Phi) is 4.20. The maximum Gasteiger partial charge on any atom is 0.0403 e. The molecule has 1 heterocycles. The molecule has 19 heavy (non-hydrogen) atoms. The van der Waals surface area contributed by atoms with Gasteiger partial charge in [-0.2, -0.15) is 0 Å². The maximum absolute atomic E-state index is 4.53. The highest BCUT2D eigenvalue weighted by atomic mass is 14.8. The zero-order chi connectivity index (χ0) is 13.1. The third-order valence-electron chi connectivity index (χ3n) is 4.96. The van der Waals surface area contributed by atoms with E-state index in [1.807, 2.05) is 0 Å². The molecular formula is C18H27N. The fourth-order valence-corrected chi connectivity index (χ4v) is 3.62. The van der Waals surface area contributed by atoms with Crippen LogP contribution in [-0.2, 0) is 0 Å². The summed E-state index contributed by atoms with van der Waals surface area (Å²) in [5, 5.41) is 0. The van der Waals surface area contributed by atoms with Gasteiger partial charge in [-0.1, -0.05) is 57.3 Å². The first-order valence-electron chi connectivity index (χ1n) is 8.25. The fourth-order valence-electron chi connectivity index (χ4n) is 3.62. The molecule has 2 aliphatic carbocycles. The third kappa shape index (κ3) is 3.58. The van der Waals surface area contributed by atoms with Crippen molar-refractivity contribution in [2.45, 2.75) is 58.3 Å². The highest BCUT2D eigenvalue weighted by Gasteiger charge is 2.38. The highest BCUT2D eigenvalue weighted by Crippen LogP contribution is 2.47. The molecule has 0 N–H and O–H groups in total. The molecule has 3 rings (SSSR count). The summed E-state index contributed by atoms with van der Waals surface area (Å²) < 4.78 is 0. The van der Waals surface area contributed by atoms with E-state index in [1.54, 1.807) is 0 Å². The number of hydrogen-bond donors (Lipinski definition) is 0. The minimum atomic E-state index is 0.562. The molecule has 0 spiro atoms. The van der Waals surface area contributed by atoms with E-state index in [-0.39, 0.29) is 0 Å². The van der Waals surface area contributed by atoms with E-state index < -0.39 is 0 Å². The third-order valence-corrected chi connectivity index (χ3v) is 4.96.